The maximum absolute atomic E-state index is 13.4. The van der Waals surface area contributed by atoms with Crippen LogP contribution in [-0.2, 0) is 16.0 Å². The van der Waals surface area contributed by atoms with E-state index in [0.29, 0.717) is 6.54 Å². The van der Waals surface area contributed by atoms with Crippen LogP contribution in [0.1, 0.15) is 25.0 Å². The molecule has 1 aromatic carbocycles. The maximum atomic E-state index is 13.4. The standard InChI is InChI=1S/C13H15F3NO/c1-11(2)8-17(3)12(18-17,13(14,15)16)10-7-5-4-6-9(10)11/h4-7H,8H2,1-3H3/q+1. The predicted molar refractivity (Wildman–Crippen MR) is 59.3 cm³/mol. The Morgan fingerprint density at radius 1 is 1.17 bits per heavy atom. The van der Waals surface area contributed by atoms with Gasteiger partial charge in [-0.15, -0.1) is 9.48 Å². The van der Waals surface area contributed by atoms with Crippen LogP contribution in [-0.4, -0.2) is 24.4 Å². The van der Waals surface area contributed by atoms with Gasteiger partial charge in [-0.3, -0.25) is 0 Å². The first-order valence-electron chi connectivity index (χ1n) is 5.87. The second-order valence-corrected chi connectivity index (χ2v) is 5.92. The number of rotatable bonds is 0. The second kappa shape index (κ2) is 2.91. The predicted octanol–water partition coefficient (Wildman–Crippen LogP) is 3.08. The van der Waals surface area contributed by atoms with Gasteiger partial charge < -0.3 is 0 Å². The fourth-order valence-electron chi connectivity index (χ4n) is 3.40. The SMILES string of the molecule is CC1(C)C[N+]2(C)OC2(C(F)(F)F)c2ccccc21. The largest absolute Gasteiger partial charge is 0.486 e. The van der Waals surface area contributed by atoms with Gasteiger partial charge in [0.25, 0.3) is 0 Å². The molecule has 98 valence electrons. The van der Waals surface area contributed by atoms with Gasteiger partial charge in [0.15, 0.2) is 0 Å². The molecule has 18 heavy (non-hydrogen) atoms. The summed E-state index contributed by atoms with van der Waals surface area (Å²) < 4.78 is 39.8. The van der Waals surface area contributed by atoms with Gasteiger partial charge in [0.1, 0.15) is 13.6 Å². The van der Waals surface area contributed by atoms with Crippen molar-refractivity contribution in [1.82, 2.24) is 0 Å². The van der Waals surface area contributed by atoms with Gasteiger partial charge in [0.2, 0.25) is 0 Å². The van der Waals surface area contributed by atoms with Crippen LogP contribution in [0.2, 0.25) is 0 Å². The zero-order valence-corrected chi connectivity index (χ0v) is 10.5. The smallest absolute Gasteiger partial charge is 0.162 e. The van der Waals surface area contributed by atoms with Gasteiger partial charge in [-0.25, -0.2) is 0 Å². The minimum atomic E-state index is -4.39. The molecular weight excluding hydrogens is 243 g/mol. The van der Waals surface area contributed by atoms with Gasteiger partial charge >= 0.3 is 11.9 Å². The number of alkyl halides is 3. The molecule has 2 aliphatic heterocycles. The van der Waals surface area contributed by atoms with Crippen molar-refractivity contribution in [1.29, 1.82) is 0 Å². The lowest BCUT2D eigenvalue weighted by atomic mass is 9.75. The fourth-order valence-corrected chi connectivity index (χ4v) is 3.40. The first-order chi connectivity index (χ1) is 8.14. The molecule has 1 fully saturated rings. The summed E-state index contributed by atoms with van der Waals surface area (Å²) >= 11 is 0. The minimum absolute atomic E-state index is 0.260. The molecule has 0 aromatic heterocycles. The third-order valence-electron chi connectivity index (χ3n) is 4.07. The highest BCUT2D eigenvalue weighted by Crippen LogP contribution is 2.66. The molecule has 2 atom stereocenters. The molecule has 1 saturated heterocycles. The molecular formula is C13H15F3NO+. The van der Waals surface area contributed by atoms with Crippen LogP contribution < -0.4 is 0 Å². The Kier molecular flexibility index (Phi) is 1.94. The highest BCUT2D eigenvalue weighted by molar-refractivity contribution is 5.40. The highest BCUT2D eigenvalue weighted by Gasteiger charge is 2.89. The minimum Gasteiger partial charge on any atom is -0.162 e. The van der Waals surface area contributed by atoms with Crippen LogP contribution in [0.4, 0.5) is 13.2 Å². The first-order valence-corrected chi connectivity index (χ1v) is 5.87. The van der Waals surface area contributed by atoms with E-state index < -0.39 is 16.5 Å². The average Bonchev–Trinajstić information content (AvgIpc) is 2.84. The molecule has 2 nitrogen and oxygen atoms in total. The van der Waals surface area contributed by atoms with E-state index in [1.54, 1.807) is 18.2 Å². The quantitative estimate of drug-likeness (QED) is 0.514. The highest BCUT2D eigenvalue weighted by atomic mass is 19.4. The Bertz CT molecular complexity index is 525. The molecule has 0 N–H and O–H groups in total. The number of hydrogen-bond acceptors (Lipinski definition) is 1. The van der Waals surface area contributed by atoms with Crippen LogP contribution in [0.25, 0.3) is 0 Å². The topological polar surface area (TPSA) is 12.5 Å². The number of halogens is 3. The van der Waals surface area contributed by atoms with Crippen molar-refractivity contribution in [3.8, 4) is 0 Å². The van der Waals surface area contributed by atoms with E-state index in [-0.39, 0.29) is 11.0 Å². The number of quaternary nitrogens is 1. The van der Waals surface area contributed by atoms with E-state index in [4.69, 9.17) is 4.84 Å². The van der Waals surface area contributed by atoms with E-state index in [1.807, 2.05) is 13.8 Å². The molecule has 0 bridgehead atoms. The Labute approximate surface area is 104 Å². The van der Waals surface area contributed by atoms with Crippen LogP contribution in [0, 0.1) is 0 Å². The van der Waals surface area contributed by atoms with Crippen molar-refractivity contribution in [2.24, 2.45) is 0 Å². The van der Waals surface area contributed by atoms with Crippen LogP contribution >= 0.6 is 0 Å². The number of fused-ring (bicyclic) bond motifs is 3. The van der Waals surface area contributed by atoms with Gasteiger partial charge in [-0.1, -0.05) is 32.0 Å². The molecule has 2 aliphatic rings. The fraction of sp³-hybridized carbons (Fsp3) is 0.538. The van der Waals surface area contributed by atoms with Gasteiger partial charge in [0.05, 0.1) is 5.56 Å². The maximum Gasteiger partial charge on any atom is 0.486 e. The number of benzene rings is 1. The molecule has 0 spiro atoms. The van der Waals surface area contributed by atoms with Gasteiger partial charge in [0, 0.05) is 5.41 Å². The Morgan fingerprint density at radius 3 is 2.28 bits per heavy atom. The lowest BCUT2D eigenvalue weighted by Gasteiger charge is -2.34. The van der Waals surface area contributed by atoms with E-state index in [1.165, 1.54) is 13.1 Å². The first kappa shape index (κ1) is 12.0. The molecule has 5 heteroatoms. The Morgan fingerprint density at radius 2 is 1.72 bits per heavy atom. The summed E-state index contributed by atoms with van der Waals surface area (Å²) in [5.41, 5.74) is -1.48. The molecule has 3 rings (SSSR count). The van der Waals surface area contributed by atoms with Crippen LogP contribution in [0.15, 0.2) is 24.3 Å². The monoisotopic (exact) mass is 258 g/mol. The summed E-state index contributed by atoms with van der Waals surface area (Å²) in [4.78, 5) is 5.19. The molecule has 2 heterocycles. The van der Waals surface area contributed by atoms with Crippen molar-refractivity contribution in [3.05, 3.63) is 35.4 Å². The number of nitrogens with zero attached hydrogens (tertiary/aromatic N) is 1. The number of hydrogen-bond donors (Lipinski definition) is 0. The van der Waals surface area contributed by atoms with Crippen molar-refractivity contribution < 1.29 is 22.7 Å². The third-order valence-corrected chi connectivity index (χ3v) is 4.07. The lowest BCUT2D eigenvalue weighted by molar-refractivity contribution is -0.923. The second-order valence-electron chi connectivity index (χ2n) is 5.92. The zero-order chi connectivity index (χ0) is 13.4. The summed E-state index contributed by atoms with van der Waals surface area (Å²) in [5.74, 6) is 0. The van der Waals surface area contributed by atoms with E-state index in [9.17, 15) is 13.2 Å². The summed E-state index contributed by atoms with van der Waals surface area (Å²) in [5, 5.41) is 0. The summed E-state index contributed by atoms with van der Waals surface area (Å²) in [6.07, 6.45) is -4.39. The Hall–Kier alpha value is -1.07. The number of likely N-dealkylation sites (N-methyl/N-ethyl adjacent to an activating group) is 1. The summed E-state index contributed by atoms with van der Waals surface area (Å²) in [6.45, 7) is 4.23. The normalized spacial score (nSPS) is 36.8. The molecule has 0 saturated carbocycles. The average molecular weight is 258 g/mol. The molecule has 2 unspecified atom stereocenters. The van der Waals surface area contributed by atoms with Crippen LogP contribution in [0.5, 0.6) is 0 Å². The van der Waals surface area contributed by atoms with E-state index in [2.05, 4.69) is 0 Å². The third kappa shape index (κ3) is 1.16. The summed E-state index contributed by atoms with van der Waals surface area (Å²) in [6, 6.07) is 6.73. The molecule has 0 amide bonds. The molecule has 0 radical (unpaired) electrons. The van der Waals surface area contributed by atoms with E-state index >= 15 is 0 Å². The molecule has 0 aliphatic carbocycles. The molecule has 1 aromatic rings. The van der Waals surface area contributed by atoms with Gasteiger partial charge in [-0.05, 0) is 11.6 Å². The van der Waals surface area contributed by atoms with E-state index in [0.717, 1.165) is 5.56 Å². The van der Waals surface area contributed by atoms with Crippen molar-refractivity contribution in [2.75, 3.05) is 13.6 Å². The zero-order valence-electron chi connectivity index (χ0n) is 10.5. The number of hydroxylamine groups is 3. The van der Waals surface area contributed by atoms with Crippen molar-refractivity contribution in [2.45, 2.75) is 31.2 Å². The van der Waals surface area contributed by atoms with Crippen molar-refractivity contribution >= 4 is 0 Å². The summed E-state index contributed by atoms with van der Waals surface area (Å²) in [7, 11) is 1.51. The Balaban J connectivity index is 2.28. The van der Waals surface area contributed by atoms with Gasteiger partial charge in [-0.2, -0.15) is 13.2 Å². The van der Waals surface area contributed by atoms with Crippen LogP contribution in [0.3, 0.4) is 0 Å². The van der Waals surface area contributed by atoms with Crippen molar-refractivity contribution in [3.63, 3.8) is 0 Å². The lowest BCUT2D eigenvalue weighted by Crippen LogP contribution is -2.51.